The van der Waals surface area contributed by atoms with Crippen LogP contribution >= 0.6 is 15.9 Å². The van der Waals surface area contributed by atoms with Gasteiger partial charge in [-0.05, 0) is 49.4 Å². The Balaban J connectivity index is 2.28. The van der Waals surface area contributed by atoms with Crippen LogP contribution in [-0.4, -0.2) is 10.6 Å². The molecule has 96 valence electrons. The van der Waals surface area contributed by atoms with Crippen molar-refractivity contribution in [2.75, 3.05) is 0 Å². The van der Waals surface area contributed by atoms with Gasteiger partial charge >= 0.3 is 0 Å². The minimum atomic E-state index is 0.0738. The molecule has 4 heteroatoms. The number of hydrogen-bond donors (Lipinski definition) is 1. The zero-order valence-electron chi connectivity index (χ0n) is 10.4. The SMILES string of the molecule is C[C@H](N)CCCn1ccc2cc(Br)ccc2c1=O. The molecule has 0 spiro atoms. The molecule has 1 atom stereocenters. The fraction of sp³-hybridized carbons (Fsp3) is 0.357. The van der Waals surface area contributed by atoms with Crippen LogP contribution in [-0.2, 0) is 6.54 Å². The van der Waals surface area contributed by atoms with E-state index >= 15 is 0 Å². The van der Waals surface area contributed by atoms with Crippen LogP contribution in [0.5, 0.6) is 0 Å². The standard InChI is InChI=1S/C14H17BrN2O/c1-10(16)3-2-7-17-8-6-11-9-12(15)4-5-13(11)14(17)18/h4-6,8-10H,2-3,7,16H2,1H3/t10-/m0/s1. The van der Waals surface area contributed by atoms with Gasteiger partial charge < -0.3 is 10.3 Å². The maximum atomic E-state index is 12.2. The van der Waals surface area contributed by atoms with Crippen molar-refractivity contribution in [2.45, 2.75) is 32.4 Å². The molecule has 0 saturated heterocycles. The summed E-state index contributed by atoms with van der Waals surface area (Å²) in [7, 11) is 0. The molecule has 0 bridgehead atoms. The first-order chi connectivity index (χ1) is 8.58. The molecule has 2 rings (SSSR count). The number of nitrogens with two attached hydrogens (primary N) is 1. The number of nitrogens with zero attached hydrogens (tertiary/aromatic N) is 1. The monoisotopic (exact) mass is 308 g/mol. The largest absolute Gasteiger partial charge is 0.328 e. The van der Waals surface area contributed by atoms with Crippen molar-refractivity contribution >= 4 is 26.7 Å². The summed E-state index contributed by atoms with van der Waals surface area (Å²) in [5, 5.41) is 1.74. The molecule has 0 aliphatic heterocycles. The minimum Gasteiger partial charge on any atom is -0.328 e. The van der Waals surface area contributed by atoms with Crippen molar-refractivity contribution < 1.29 is 0 Å². The van der Waals surface area contributed by atoms with E-state index in [4.69, 9.17) is 5.73 Å². The Hall–Kier alpha value is -1.13. The van der Waals surface area contributed by atoms with E-state index in [1.54, 1.807) is 4.57 Å². The first kappa shape index (κ1) is 13.3. The van der Waals surface area contributed by atoms with E-state index in [0.29, 0.717) is 0 Å². The lowest BCUT2D eigenvalue weighted by molar-refractivity contribution is 0.550. The molecular formula is C14H17BrN2O. The zero-order valence-corrected chi connectivity index (χ0v) is 12.0. The van der Waals surface area contributed by atoms with Crippen LogP contribution in [0.4, 0.5) is 0 Å². The van der Waals surface area contributed by atoms with E-state index in [1.165, 1.54) is 0 Å². The lowest BCUT2D eigenvalue weighted by Crippen LogP contribution is -2.21. The molecule has 1 aromatic carbocycles. The third-order valence-electron chi connectivity index (χ3n) is 3.00. The topological polar surface area (TPSA) is 48.0 Å². The lowest BCUT2D eigenvalue weighted by atomic mass is 10.1. The summed E-state index contributed by atoms with van der Waals surface area (Å²) in [6, 6.07) is 7.90. The summed E-state index contributed by atoms with van der Waals surface area (Å²) < 4.78 is 2.75. The molecule has 2 aromatic rings. The average molecular weight is 309 g/mol. The van der Waals surface area contributed by atoms with Crippen molar-refractivity contribution in [1.29, 1.82) is 0 Å². The highest BCUT2D eigenvalue weighted by molar-refractivity contribution is 9.10. The Morgan fingerprint density at radius 1 is 1.39 bits per heavy atom. The second-order valence-electron chi connectivity index (χ2n) is 4.67. The Labute approximate surface area is 115 Å². The Morgan fingerprint density at radius 2 is 2.17 bits per heavy atom. The second-order valence-corrected chi connectivity index (χ2v) is 5.58. The predicted molar refractivity (Wildman–Crippen MR) is 78.8 cm³/mol. The number of hydrogen-bond acceptors (Lipinski definition) is 2. The van der Waals surface area contributed by atoms with Gasteiger partial charge in [0.25, 0.3) is 5.56 Å². The molecule has 0 saturated carbocycles. The van der Waals surface area contributed by atoms with E-state index < -0.39 is 0 Å². The highest BCUT2D eigenvalue weighted by atomic mass is 79.9. The molecular weight excluding hydrogens is 292 g/mol. The fourth-order valence-corrected chi connectivity index (χ4v) is 2.40. The van der Waals surface area contributed by atoms with Gasteiger partial charge in [0, 0.05) is 28.6 Å². The first-order valence-electron chi connectivity index (χ1n) is 6.12. The first-order valence-corrected chi connectivity index (χ1v) is 6.91. The number of fused-ring (bicyclic) bond motifs is 1. The Morgan fingerprint density at radius 3 is 2.89 bits per heavy atom. The number of benzene rings is 1. The summed E-state index contributed by atoms with van der Waals surface area (Å²) in [4.78, 5) is 12.2. The van der Waals surface area contributed by atoms with E-state index in [9.17, 15) is 4.79 Å². The maximum Gasteiger partial charge on any atom is 0.258 e. The second kappa shape index (κ2) is 5.67. The van der Waals surface area contributed by atoms with Crippen molar-refractivity contribution in [2.24, 2.45) is 5.73 Å². The van der Waals surface area contributed by atoms with E-state index in [0.717, 1.165) is 34.6 Å². The van der Waals surface area contributed by atoms with Gasteiger partial charge in [-0.15, -0.1) is 0 Å². The molecule has 0 aliphatic rings. The number of halogens is 1. The summed E-state index contributed by atoms with van der Waals surface area (Å²) in [5.41, 5.74) is 5.78. The highest BCUT2D eigenvalue weighted by Gasteiger charge is 2.03. The van der Waals surface area contributed by atoms with Gasteiger partial charge in [-0.1, -0.05) is 15.9 Å². The molecule has 0 radical (unpaired) electrons. The fourth-order valence-electron chi connectivity index (χ4n) is 2.02. The van der Waals surface area contributed by atoms with Gasteiger partial charge in [0.05, 0.1) is 0 Å². The van der Waals surface area contributed by atoms with E-state index in [1.807, 2.05) is 37.4 Å². The van der Waals surface area contributed by atoms with Gasteiger partial charge in [0.15, 0.2) is 0 Å². The summed E-state index contributed by atoms with van der Waals surface area (Å²) in [5.74, 6) is 0. The molecule has 18 heavy (non-hydrogen) atoms. The molecule has 1 heterocycles. The molecule has 0 unspecified atom stereocenters. The predicted octanol–water partition coefficient (Wildman–Crippen LogP) is 2.89. The molecule has 0 aliphatic carbocycles. The molecule has 3 nitrogen and oxygen atoms in total. The average Bonchev–Trinajstić information content (AvgIpc) is 2.31. The molecule has 0 amide bonds. The van der Waals surface area contributed by atoms with Gasteiger partial charge in [-0.2, -0.15) is 0 Å². The van der Waals surface area contributed by atoms with Crippen molar-refractivity contribution in [3.63, 3.8) is 0 Å². The van der Waals surface area contributed by atoms with Gasteiger partial charge in [-0.3, -0.25) is 4.79 Å². The smallest absolute Gasteiger partial charge is 0.258 e. The Kier molecular flexibility index (Phi) is 4.19. The van der Waals surface area contributed by atoms with Crippen LogP contribution in [0.1, 0.15) is 19.8 Å². The summed E-state index contributed by atoms with van der Waals surface area (Å²) >= 11 is 3.41. The molecule has 0 fully saturated rings. The highest BCUT2D eigenvalue weighted by Crippen LogP contribution is 2.16. The van der Waals surface area contributed by atoms with Crippen LogP contribution in [0, 0.1) is 0 Å². The van der Waals surface area contributed by atoms with Crippen LogP contribution in [0.3, 0.4) is 0 Å². The third kappa shape index (κ3) is 3.00. The van der Waals surface area contributed by atoms with Crippen molar-refractivity contribution in [1.82, 2.24) is 4.57 Å². The number of aryl methyl sites for hydroxylation is 1. The number of rotatable bonds is 4. The van der Waals surface area contributed by atoms with Gasteiger partial charge in [-0.25, -0.2) is 0 Å². The summed E-state index contributed by atoms with van der Waals surface area (Å²) in [6.45, 7) is 2.72. The molecule has 2 N–H and O–H groups in total. The van der Waals surface area contributed by atoms with Gasteiger partial charge in [0.2, 0.25) is 0 Å². The number of aromatic nitrogens is 1. The van der Waals surface area contributed by atoms with E-state index in [-0.39, 0.29) is 11.6 Å². The van der Waals surface area contributed by atoms with Crippen LogP contribution in [0.2, 0.25) is 0 Å². The lowest BCUT2D eigenvalue weighted by Gasteiger charge is -2.08. The maximum absolute atomic E-state index is 12.2. The molecule has 1 aromatic heterocycles. The minimum absolute atomic E-state index is 0.0738. The normalized spacial score (nSPS) is 12.8. The summed E-state index contributed by atoms with van der Waals surface area (Å²) in [6.07, 6.45) is 3.72. The van der Waals surface area contributed by atoms with Crippen LogP contribution in [0.15, 0.2) is 39.7 Å². The Bertz CT molecular complexity index is 604. The van der Waals surface area contributed by atoms with Gasteiger partial charge in [0.1, 0.15) is 0 Å². The third-order valence-corrected chi connectivity index (χ3v) is 3.49. The van der Waals surface area contributed by atoms with Crippen molar-refractivity contribution in [3.05, 3.63) is 45.3 Å². The van der Waals surface area contributed by atoms with E-state index in [2.05, 4.69) is 15.9 Å². The quantitative estimate of drug-likeness (QED) is 0.944. The number of pyridine rings is 1. The zero-order chi connectivity index (χ0) is 13.1. The van der Waals surface area contributed by atoms with Crippen LogP contribution < -0.4 is 11.3 Å². The van der Waals surface area contributed by atoms with Crippen molar-refractivity contribution in [3.8, 4) is 0 Å². The van der Waals surface area contributed by atoms with Crippen LogP contribution in [0.25, 0.3) is 10.8 Å².